The van der Waals surface area contributed by atoms with Crippen molar-refractivity contribution >= 4 is 0 Å². The van der Waals surface area contributed by atoms with Crippen molar-refractivity contribution in [3.63, 3.8) is 0 Å². The van der Waals surface area contributed by atoms with Crippen molar-refractivity contribution in [1.29, 1.82) is 0 Å². The molecule has 0 aromatic carbocycles. The van der Waals surface area contributed by atoms with Crippen molar-refractivity contribution in [3.05, 3.63) is 11.7 Å². The van der Waals surface area contributed by atoms with E-state index in [2.05, 4.69) is 15.5 Å². The van der Waals surface area contributed by atoms with Crippen LogP contribution in [0.15, 0.2) is 4.52 Å². The van der Waals surface area contributed by atoms with Crippen molar-refractivity contribution in [3.8, 4) is 0 Å². The summed E-state index contributed by atoms with van der Waals surface area (Å²) >= 11 is 0. The van der Waals surface area contributed by atoms with Crippen LogP contribution in [0.2, 0.25) is 0 Å². The molecule has 1 saturated heterocycles. The molecule has 0 bridgehead atoms. The highest BCUT2D eigenvalue weighted by atomic mass is 16.5. The number of nitrogens with zero attached hydrogens (tertiary/aromatic N) is 2. The number of hydrogen-bond acceptors (Lipinski definition) is 4. The minimum atomic E-state index is 0.326. The van der Waals surface area contributed by atoms with Gasteiger partial charge in [0.25, 0.3) is 0 Å². The van der Waals surface area contributed by atoms with E-state index in [0.717, 1.165) is 18.8 Å². The Morgan fingerprint density at radius 3 is 3.09 bits per heavy atom. The van der Waals surface area contributed by atoms with Gasteiger partial charge in [0.15, 0.2) is 5.82 Å². The van der Waals surface area contributed by atoms with E-state index in [4.69, 9.17) is 4.52 Å². The Balaban J connectivity index is 2.15. The molecule has 1 N–H and O–H groups in total. The molecule has 1 aromatic rings. The number of nitrogens with one attached hydrogen (secondary N) is 1. The van der Waals surface area contributed by atoms with Gasteiger partial charge >= 0.3 is 0 Å². The van der Waals surface area contributed by atoms with Crippen molar-refractivity contribution in [2.75, 3.05) is 6.54 Å². The zero-order chi connectivity index (χ0) is 7.68. The fourth-order valence-corrected chi connectivity index (χ4v) is 1.36. The Morgan fingerprint density at radius 2 is 2.55 bits per heavy atom. The highest BCUT2D eigenvalue weighted by Gasteiger charge is 2.20. The van der Waals surface area contributed by atoms with Crippen LogP contribution in [0.4, 0.5) is 0 Å². The van der Waals surface area contributed by atoms with Crippen LogP contribution in [0.3, 0.4) is 0 Å². The van der Waals surface area contributed by atoms with E-state index in [1.165, 1.54) is 6.42 Å². The Bertz CT molecular complexity index is 240. The Kier molecular flexibility index (Phi) is 1.62. The normalized spacial score (nSPS) is 24.3. The predicted octanol–water partition coefficient (Wildman–Crippen LogP) is 0.803. The standard InChI is InChI=1S/C7H11N3O/c1-5-9-7(10-11-5)6-3-2-4-8-6/h6,8H,2-4H2,1H3. The Labute approximate surface area is 65.0 Å². The summed E-state index contributed by atoms with van der Waals surface area (Å²) in [5.41, 5.74) is 0. The first-order valence-corrected chi connectivity index (χ1v) is 3.90. The topological polar surface area (TPSA) is 51.0 Å². The maximum atomic E-state index is 4.88. The van der Waals surface area contributed by atoms with Gasteiger partial charge in [-0.2, -0.15) is 4.98 Å². The van der Waals surface area contributed by atoms with Crippen LogP contribution in [0, 0.1) is 6.92 Å². The molecule has 1 aliphatic rings. The average molecular weight is 153 g/mol. The summed E-state index contributed by atoms with van der Waals surface area (Å²) in [5.74, 6) is 1.45. The van der Waals surface area contributed by atoms with E-state index in [9.17, 15) is 0 Å². The summed E-state index contributed by atoms with van der Waals surface area (Å²) in [7, 11) is 0. The fraction of sp³-hybridized carbons (Fsp3) is 0.714. The van der Waals surface area contributed by atoms with Crippen molar-refractivity contribution in [2.24, 2.45) is 0 Å². The van der Waals surface area contributed by atoms with Crippen LogP contribution in [-0.2, 0) is 0 Å². The lowest BCUT2D eigenvalue weighted by molar-refractivity contribution is 0.381. The average Bonchev–Trinajstić information content (AvgIpc) is 2.55. The third kappa shape index (κ3) is 1.26. The summed E-state index contributed by atoms with van der Waals surface area (Å²) in [4.78, 5) is 4.15. The Morgan fingerprint density at radius 1 is 1.64 bits per heavy atom. The quantitative estimate of drug-likeness (QED) is 0.648. The monoisotopic (exact) mass is 153 g/mol. The summed E-state index contributed by atoms with van der Waals surface area (Å²) in [6, 6.07) is 0.326. The molecule has 11 heavy (non-hydrogen) atoms. The van der Waals surface area contributed by atoms with Crippen LogP contribution in [-0.4, -0.2) is 16.7 Å². The van der Waals surface area contributed by atoms with E-state index in [1.807, 2.05) is 6.92 Å². The smallest absolute Gasteiger partial charge is 0.223 e. The first kappa shape index (κ1) is 6.79. The summed E-state index contributed by atoms with van der Waals surface area (Å²) < 4.78 is 4.88. The third-order valence-electron chi connectivity index (χ3n) is 1.92. The number of hydrogen-bond donors (Lipinski definition) is 1. The molecule has 0 amide bonds. The Hall–Kier alpha value is -0.900. The zero-order valence-electron chi connectivity index (χ0n) is 6.50. The van der Waals surface area contributed by atoms with Gasteiger partial charge < -0.3 is 9.84 Å². The molecule has 1 aliphatic heterocycles. The lowest BCUT2D eigenvalue weighted by Crippen LogP contribution is -2.14. The molecular formula is C7H11N3O. The molecule has 60 valence electrons. The summed E-state index contributed by atoms with van der Waals surface area (Å²) in [6.45, 7) is 2.88. The summed E-state index contributed by atoms with van der Waals surface area (Å²) in [6.07, 6.45) is 2.33. The second kappa shape index (κ2) is 2.62. The SMILES string of the molecule is Cc1nc(C2CCCN2)no1. The first-order valence-electron chi connectivity index (χ1n) is 3.90. The first-order chi connectivity index (χ1) is 5.36. The number of aryl methyl sites for hydroxylation is 1. The van der Waals surface area contributed by atoms with Crippen molar-refractivity contribution in [2.45, 2.75) is 25.8 Å². The molecule has 0 spiro atoms. The second-order valence-electron chi connectivity index (χ2n) is 2.82. The van der Waals surface area contributed by atoms with Crippen LogP contribution in [0.1, 0.15) is 30.6 Å². The molecule has 1 fully saturated rings. The van der Waals surface area contributed by atoms with Crippen LogP contribution < -0.4 is 5.32 Å². The molecule has 1 aromatic heterocycles. The molecule has 4 heteroatoms. The van der Waals surface area contributed by atoms with Crippen LogP contribution in [0.5, 0.6) is 0 Å². The predicted molar refractivity (Wildman–Crippen MR) is 39.0 cm³/mol. The summed E-state index contributed by atoms with van der Waals surface area (Å²) in [5, 5.41) is 7.15. The second-order valence-corrected chi connectivity index (χ2v) is 2.82. The third-order valence-corrected chi connectivity index (χ3v) is 1.92. The molecule has 1 atom stereocenters. The molecular weight excluding hydrogens is 142 g/mol. The van der Waals surface area contributed by atoms with Crippen LogP contribution >= 0.6 is 0 Å². The van der Waals surface area contributed by atoms with Crippen molar-refractivity contribution < 1.29 is 4.52 Å². The molecule has 0 aliphatic carbocycles. The van der Waals surface area contributed by atoms with Gasteiger partial charge in [-0.25, -0.2) is 0 Å². The molecule has 4 nitrogen and oxygen atoms in total. The van der Waals surface area contributed by atoms with E-state index in [0.29, 0.717) is 11.9 Å². The maximum Gasteiger partial charge on any atom is 0.223 e. The van der Waals surface area contributed by atoms with Gasteiger partial charge in [0.05, 0.1) is 6.04 Å². The van der Waals surface area contributed by atoms with Crippen molar-refractivity contribution in [1.82, 2.24) is 15.5 Å². The molecule has 1 unspecified atom stereocenters. The van der Waals surface area contributed by atoms with Crippen LogP contribution in [0.25, 0.3) is 0 Å². The molecule has 0 radical (unpaired) electrons. The molecule has 2 rings (SSSR count). The van der Waals surface area contributed by atoms with Gasteiger partial charge in [-0.1, -0.05) is 5.16 Å². The van der Waals surface area contributed by atoms with Gasteiger partial charge in [-0.3, -0.25) is 0 Å². The van der Waals surface area contributed by atoms with Gasteiger partial charge in [0.1, 0.15) is 0 Å². The lowest BCUT2D eigenvalue weighted by atomic mass is 10.2. The number of aromatic nitrogens is 2. The largest absolute Gasteiger partial charge is 0.340 e. The highest BCUT2D eigenvalue weighted by molar-refractivity contribution is 4.95. The highest BCUT2D eigenvalue weighted by Crippen LogP contribution is 2.19. The van der Waals surface area contributed by atoms with E-state index in [-0.39, 0.29) is 0 Å². The lowest BCUT2D eigenvalue weighted by Gasteiger charge is -2.01. The zero-order valence-corrected chi connectivity index (χ0v) is 6.50. The molecule has 0 saturated carbocycles. The van der Waals surface area contributed by atoms with Gasteiger partial charge in [0.2, 0.25) is 5.89 Å². The van der Waals surface area contributed by atoms with E-state index < -0.39 is 0 Å². The fourth-order valence-electron chi connectivity index (χ4n) is 1.36. The van der Waals surface area contributed by atoms with E-state index in [1.54, 1.807) is 0 Å². The minimum absolute atomic E-state index is 0.326. The molecule has 2 heterocycles. The van der Waals surface area contributed by atoms with E-state index >= 15 is 0 Å². The van der Waals surface area contributed by atoms with Gasteiger partial charge in [0, 0.05) is 6.92 Å². The number of rotatable bonds is 1. The minimum Gasteiger partial charge on any atom is -0.340 e. The van der Waals surface area contributed by atoms with Gasteiger partial charge in [-0.15, -0.1) is 0 Å². The van der Waals surface area contributed by atoms with Gasteiger partial charge in [-0.05, 0) is 19.4 Å². The maximum absolute atomic E-state index is 4.88.